The van der Waals surface area contributed by atoms with Crippen molar-refractivity contribution >= 4 is 17.0 Å². The molecule has 116 valence electrons. The van der Waals surface area contributed by atoms with E-state index in [4.69, 9.17) is 5.10 Å². The van der Waals surface area contributed by atoms with E-state index in [0.29, 0.717) is 12.0 Å². The molecule has 22 heavy (non-hydrogen) atoms. The average Bonchev–Trinajstić information content (AvgIpc) is 2.85. The molecule has 2 heterocycles. The molecule has 0 saturated heterocycles. The SMILES string of the molecule is O=C(O)c1ccc2c(C3CCC3)nn(C3CCCCC3)c2n1. The molecule has 0 aromatic carbocycles. The molecule has 1 N–H and O–H groups in total. The van der Waals surface area contributed by atoms with Gasteiger partial charge in [-0.05, 0) is 37.8 Å². The van der Waals surface area contributed by atoms with Crippen molar-refractivity contribution in [2.24, 2.45) is 0 Å². The third-order valence-corrected chi connectivity index (χ3v) is 5.22. The van der Waals surface area contributed by atoms with Crippen LogP contribution in [0, 0.1) is 0 Å². The first kappa shape index (κ1) is 13.7. The summed E-state index contributed by atoms with van der Waals surface area (Å²) in [5.74, 6) is -0.437. The van der Waals surface area contributed by atoms with Crippen molar-refractivity contribution in [2.45, 2.75) is 63.3 Å². The Balaban J connectivity index is 1.84. The van der Waals surface area contributed by atoms with E-state index in [1.54, 1.807) is 6.07 Å². The molecule has 2 saturated carbocycles. The largest absolute Gasteiger partial charge is 0.477 e. The molecular formula is C17H21N3O2. The van der Waals surface area contributed by atoms with Crippen LogP contribution < -0.4 is 0 Å². The predicted molar refractivity (Wildman–Crippen MR) is 83.2 cm³/mol. The summed E-state index contributed by atoms with van der Waals surface area (Å²) >= 11 is 0. The average molecular weight is 299 g/mol. The van der Waals surface area contributed by atoms with Crippen molar-refractivity contribution in [3.63, 3.8) is 0 Å². The van der Waals surface area contributed by atoms with E-state index in [1.165, 1.54) is 38.5 Å². The van der Waals surface area contributed by atoms with E-state index in [1.807, 2.05) is 10.7 Å². The lowest BCUT2D eigenvalue weighted by atomic mass is 9.82. The van der Waals surface area contributed by atoms with Gasteiger partial charge >= 0.3 is 5.97 Å². The Kier molecular flexibility index (Phi) is 3.36. The molecule has 0 aliphatic heterocycles. The van der Waals surface area contributed by atoms with E-state index in [0.717, 1.165) is 29.6 Å². The van der Waals surface area contributed by atoms with Crippen LogP contribution in [0.4, 0.5) is 0 Å². The quantitative estimate of drug-likeness (QED) is 0.933. The minimum Gasteiger partial charge on any atom is -0.477 e. The van der Waals surface area contributed by atoms with Gasteiger partial charge in [-0.25, -0.2) is 14.5 Å². The lowest BCUT2D eigenvalue weighted by Crippen LogP contribution is -2.16. The van der Waals surface area contributed by atoms with Crippen LogP contribution in [0.1, 0.15) is 79.5 Å². The first-order chi connectivity index (χ1) is 10.7. The van der Waals surface area contributed by atoms with Crippen LogP contribution in [-0.2, 0) is 0 Å². The Bertz CT molecular complexity index is 712. The van der Waals surface area contributed by atoms with Gasteiger partial charge in [0.2, 0.25) is 0 Å². The van der Waals surface area contributed by atoms with Crippen molar-refractivity contribution in [2.75, 3.05) is 0 Å². The molecule has 0 atom stereocenters. The normalized spacial score (nSPS) is 20.2. The number of hydrogen-bond acceptors (Lipinski definition) is 3. The molecule has 5 heteroatoms. The number of aromatic nitrogens is 3. The monoisotopic (exact) mass is 299 g/mol. The van der Waals surface area contributed by atoms with Crippen molar-refractivity contribution in [3.8, 4) is 0 Å². The smallest absolute Gasteiger partial charge is 0.354 e. The van der Waals surface area contributed by atoms with Crippen molar-refractivity contribution in [1.82, 2.24) is 14.8 Å². The molecule has 0 amide bonds. The van der Waals surface area contributed by atoms with Crippen molar-refractivity contribution < 1.29 is 9.90 Å². The van der Waals surface area contributed by atoms with Gasteiger partial charge in [0.1, 0.15) is 0 Å². The molecule has 5 nitrogen and oxygen atoms in total. The van der Waals surface area contributed by atoms with Crippen LogP contribution in [0.2, 0.25) is 0 Å². The second kappa shape index (κ2) is 5.38. The van der Waals surface area contributed by atoms with Gasteiger partial charge in [-0.1, -0.05) is 25.7 Å². The third kappa shape index (κ3) is 2.19. The fourth-order valence-electron chi connectivity index (χ4n) is 3.72. The lowest BCUT2D eigenvalue weighted by molar-refractivity contribution is 0.0691. The van der Waals surface area contributed by atoms with Crippen LogP contribution >= 0.6 is 0 Å². The zero-order valence-corrected chi connectivity index (χ0v) is 12.7. The number of carboxylic acids is 1. The molecule has 0 radical (unpaired) electrons. The number of carbonyl (C=O) groups is 1. The standard InChI is InChI=1S/C17H21N3O2/c21-17(22)14-10-9-13-15(11-5-4-6-11)19-20(16(13)18-14)12-7-2-1-3-8-12/h9-12H,1-8H2,(H,21,22). The summed E-state index contributed by atoms with van der Waals surface area (Å²) in [5.41, 5.74) is 2.02. The molecule has 0 bridgehead atoms. The first-order valence-corrected chi connectivity index (χ1v) is 8.36. The van der Waals surface area contributed by atoms with Crippen molar-refractivity contribution in [3.05, 3.63) is 23.5 Å². The molecule has 0 unspecified atom stereocenters. The highest BCUT2D eigenvalue weighted by molar-refractivity contribution is 5.89. The summed E-state index contributed by atoms with van der Waals surface area (Å²) in [6.07, 6.45) is 9.64. The van der Waals surface area contributed by atoms with Crippen LogP contribution in [0.25, 0.3) is 11.0 Å². The molecule has 2 aliphatic rings. The van der Waals surface area contributed by atoms with Gasteiger partial charge in [0.25, 0.3) is 0 Å². The Hall–Kier alpha value is -1.91. The molecule has 2 aliphatic carbocycles. The molecule has 2 fully saturated rings. The Morgan fingerprint density at radius 1 is 1.09 bits per heavy atom. The zero-order valence-electron chi connectivity index (χ0n) is 12.7. The maximum atomic E-state index is 11.2. The maximum Gasteiger partial charge on any atom is 0.354 e. The maximum absolute atomic E-state index is 11.2. The highest BCUT2D eigenvalue weighted by Gasteiger charge is 2.28. The summed E-state index contributed by atoms with van der Waals surface area (Å²) < 4.78 is 2.04. The minimum absolute atomic E-state index is 0.115. The summed E-state index contributed by atoms with van der Waals surface area (Å²) in [6.45, 7) is 0. The van der Waals surface area contributed by atoms with Crippen LogP contribution in [0.5, 0.6) is 0 Å². The van der Waals surface area contributed by atoms with Gasteiger partial charge in [-0.15, -0.1) is 0 Å². The molecule has 2 aromatic heterocycles. The van der Waals surface area contributed by atoms with E-state index in [9.17, 15) is 9.90 Å². The Labute approximate surface area is 129 Å². The summed E-state index contributed by atoms with van der Waals surface area (Å²) in [7, 11) is 0. The van der Waals surface area contributed by atoms with Gasteiger partial charge in [-0.3, -0.25) is 0 Å². The van der Waals surface area contributed by atoms with E-state index >= 15 is 0 Å². The summed E-state index contributed by atoms with van der Waals surface area (Å²) in [5, 5.41) is 15.2. The third-order valence-electron chi connectivity index (χ3n) is 5.22. The summed E-state index contributed by atoms with van der Waals surface area (Å²) in [6, 6.07) is 3.90. The predicted octanol–water partition coefficient (Wildman–Crippen LogP) is 3.90. The van der Waals surface area contributed by atoms with E-state index in [2.05, 4.69) is 4.98 Å². The Morgan fingerprint density at radius 3 is 2.50 bits per heavy atom. The van der Waals surface area contributed by atoms with E-state index < -0.39 is 5.97 Å². The molecular weight excluding hydrogens is 278 g/mol. The second-order valence-corrected chi connectivity index (χ2v) is 6.62. The first-order valence-electron chi connectivity index (χ1n) is 8.36. The highest BCUT2D eigenvalue weighted by Crippen LogP contribution is 2.40. The fraction of sp³-hybridized carbons (Fsp3) is 0.588. The zero-order chi connectivity index (χ0) is 15.1. The second-order valence-electron chi connectivity index (χ2n) is 6.62. The Morgan fingerprint density at radius 2 is 1.86 bits per heavy atom. The number of aromatic carboxylic acids is 1. The van der Waals surface area contributed by atoms with Gasteiger partial charge in [0.15, 0.2) is 11.3 Å². The number of pyridine rings is 1. The van der Waals surface area contributed by atoms with Crippen LogP contribution in [-0.4, -0.2) is 25.8 Å². The van der Waals surface area contributed by atoms with Gasteiger partial charge in [0.05, 0.1) is 11.7 Å². The summed E-state index contributed by atoms with van der Waals surface area (Å²) in [4.78, 5) is 15.7. The van der Waals surface area contributed by atoms with Crippen LogP contribution in [0.3, 0.4) is 0 Å². The highest BCUT2D eigenvalue weighted by atomic mass is 16.4. The number of nitrogens with zero attached hydrogens (tertiary/aromatic N) is 3. The van der Waals surface area contributed by atoms with Gasteiger partial charge in [-0.2, -0.15) is 5.10 Å². The van der Waals surface area contributed by atoms with Crippen LogP contribution in [0.15, 0.2) is 12.1 Å². The lowest BCUT2D eigenvalue weighted by Gasteiger charge is -2.24. The minimum atomic E-state index is -0.969. The fourth-order valence-corrected chi connectivity index (χ4v) is 3.72. The number of hydrogen-bond donors (Lipinski definition) is 1. The molecule has 0 spiro atoms. The number of rotatable bonds is 3. The van der Waals surface area contributed by atoms with E-state index in [-0.39, 0.29) is 5.69 Å². The van der Waals surface area contributed by atoms with Crippen molar-refractivity contribution in [1.29, 1.82) is 0 Å². The molecule has 4 rings (SSSR count). The molecule has 2 aromatic rings. The van der Waals surface area contributed by atoms with Gasteiger partial charge < -0.3 is 5.11 Å². The van der Waals surface area contributed by atoms with Gasteiger partial charge in [0, 0.05) is 11.3 Å². The topological polar surface area (TPSA) is 68.0 Å². The number of carboxylic acid groups (broad SMARTS) is 1. The number of fused-ring (bicyclic) bond motifs is 1.